The van der Waals surface area contributed by atoms with Gasteiger partial charge < -0.3 is 35.8 Å². The molecule has 0 aliphatic carbocycles. The molecule has 1 aliphatic heterocycles. The SMILES string of the molecule is C.C.CC(=O)c1cccnc1C.CNC(=O)[C@H]1CCCN[C@H]1C.CNC(=O)c1cccnc1C.[CH3-].[Cl-].[HH].[Mg+2]. The third-order valence-electron chi connectivity index (χ3n) is 5.21. The molecule has 3 rings (SSSR count). The monoisotopic (exact) mass is 549 g/mol. The number of pyridine rings is 2. The van der Waals surface area contributed by atoms with Gasteiger partial charge in [-0.3, -0.25) is 24.4 Å². The second-order valence-corrected chi connectivity index (χ2v) is 7.51. The number of aryl methyl sites for hydroxylation is 2. The Bertz CT molecular complexity index is 922. The molecule has 2 atom stereocenters. The van der Waals surface area contributed by atoms with E-state index in [9.17, 15) is 14.4 Å². The van der Waals surface area contributed by atoms with E-state index < -0.39 is 0 Å². The Hall–Kier alpha value is -2.07. The second-order valence-electron chi connectivity index (χ2n) is 7.51. The van der Waals surface area contributed by atoms with Gasteiger partial charge in [0.1, 0.15) is 0 Å². The summed E-state index contributed by atoms with van der Waals surface area (Å²) in [6.45, 7) is 8.30. The van der Waals surface area contributed by atoms with Crippen molar-refractivity contribution in [1.82, 2.24) is 25.9 Å². The van der Waals surface area contributed by atoms with Gasteiger partial charge in [-0.05, 0) is 71.3 Å². The first-order valence-corrected chi connectivity index (χ1v) is 10.7. The van der Waals surface area contributed by atoms with Crippen LogP contribution in [0.4, 0.5) is 0 Å². The molecule has 10 heteroatoms. The van der Waals surface area contributed by atoms with Gasteiger partial charge in [0.25, 0.3) is 5.91 Å². The van der Waals surface area contributed by atoms with Crippen molar-refractivity contribution >= 4 is 40.7 Å². The maximum absolute atomic E-state index is 11.2. The van der Waals surface area contributed by atoms with Crippen molar-refractivity contribution in [2.75, 3.05) is 20.6 Å². The van der Waals surface area contributed by atoms with Crippen molar-refractivity contribution in [2.45, 2.75) is 61.4 Å². The number of carbonyl (C=O) groups is 3. The smallest absolute Gasteiger partial charge is 1.00 e. The summed E-state index contributed by atoms with van der Waals surface area (Å²) in [5.41, 5.74) is 2.90. The Morgan fingerprint density at radius 2 is 1.46 bits per heavy atom. The largest absolute Gasteiger partial charge is 2.00 e. The van der Waals surface area contributed by atoms with E-state index in [0.29, 0.717) is 17.2 Å². The molecule has 2 aromatic heterocycles. The molecule has 0 aromatic carbocycles. The summed E-state index contributed by atoms with van der Waals surface area (Å²) in [5, 5.41) is 8.52. The fraction of sp³-hybridized carbons (Fsp3) is 0.481. The molecule has 0 saturated carbocycles. The van der Waals surface area contributed by atoms with Crippen LogP contribution in [-0.4, -0.2) is 77.3 Å². The van der Waals surface area contributed by atoms with Crippen molar-refractivity contribution in [3.63, 3.8) is 0 Å². The van der Waals surface area contributed by atoms with E-state index in [0.717, 1.165) is 30.8 Å². The van der Waals surface area contributed by atoms with Gasteiger partial charge in [-0.1, -0.05) is 14.9 Å². The molecule has 3 heterocycles. The van der Waals surface area contributed by atoms with Crippen LogP contribution in [0.15, 0.2) is 36.7 Å². The molecular formula is C27H48ClMgN5O3. The second kappa shape index (κ2) is 24.3. The molecule has 1 saturated heterocycles. The molecule has 208 valence electrons. The van der Waals surface area contributed by atoms with Gasteiger partial charge in [-0.2, -0.15) is 0 Å². The molecule has 8 nitrogen and oxygen atoms in total. The summed E-state index contributed by atoms with van der Waals surface area (Å²) >= 11 is 0. The van der Waals surface area contributed by atoms with Crippen LogP contribution in [0.3, 0.4) is 0 Å². The number of carbonyl (C=O) groups excluding carboxylic acids is 3. The Kier molecular flexibility index (Phi) is 29.4. The van der Waals surface area contributed by atoms with Gasteiger partial charge in [0.2, 0.25) is 5.91 Å². The van der Waals surface area contributed by atoms with Gasteiger partial charge in [0.15, 0.2) is 5.78 Å². The summed E-state index contributed by atoms with van der Waals surface area (Å²) in [5.74, 6) is 0.333. The standard InChI is InChI=1S/C8H16N2O.C8H10N2O.C8H9NO.2CH4.CH3.ClH.Mg.H2/c2*1-6-7(8(11)9-2)4-3-5-10-6;1-6-8(7(2)10)4-3-5-9-6;;;;;;/h6-7,10H,3-5H2,1-2H3,(H,9,11);3-5H,1-2H3,(H,9,11);3-5H,1-2H3;2*1H4;1H3;1H;;1H/q;;;;;-1;;+2;/p-1/t6-,7-;;;;;;;;/m0......../s1. The Morgan fingerprint density at radius 1 is 0.973 bits per heavy atom. The van der Waals surface area contributed by atoms with Crippen molar-refractivity contribution in [1.29, 1.82) is 0 Å². The summed E-state index contributed by atoms with van der Waals surface area (Å²) in [4.78, 5) is 41.1. The zero-order valence-corrected chi connectivity index (χ0v) is 24.1. The molecule has 2 amide bonds. The van der Waals surface area contributed by atoms with E-state index in [1.807, 2.05) is 13.8 Å². The predicted molar refractivity (Wildman–Crippen MR) is 153 cm³/mol. The van der Waals surface area contributed by atoms with Crippen LogP contribution < -0.4 is 28.4 Å². The average molecular weight is 550 g/mol. The van der Waals surface area contributed by atoms with Gasteiger partial charge in [0.05, 0.1) is 11.5 Å². The summed E-state index contributed by atoms with van der Waals surface area (Å²) in [7, 11) is 3.30. The summed E-state index contributed by atoms with van der Waals surface area (Å²) in [6.07, 6.45) is 5.49. The van der Waals surface area contributed by atoms with E-state index >= 15 is 0 Å². The van der Waals surface area contributed by atoms with E-state index in [1.54, 1.807) is 57.7 Å². The zero-order valence-electron chi connectivity index (χ0n) is 21.9. The first kappa shape index (κ1) is 44.9. The molecule has 3 N–H and O–H groups in total. The van der Waals surface area contributed by atoms with E-state index in [1.165, 1.54) is 0 Å². The fourth-order valence-corrected chi connectivity index (χ4v) is 3.30. The van der Waals surface area contributed by atoms with Crippen LogP contribution in [-0.2, 0) is 4.79 Å². The number of rotatable bonds is 3. The van der Waals surface area contributed by atoms with Crippen LogP contribution in [0.2, 0.25) is 0 Å². The number of Topliss-reactive ketones (excluding diaryl/α,β-unsaturated/α-hetero) is 1. The molecule has 37 heavy (non-hydrogen) atoms. The summed E-state index contributed by atoms with van der Waals surface area (Å²) in [6, 6.07) is 7.39. The van der Waals surface area contributed by atoms with Gasteiger partial charge in [0, 0.05) is 50.9 Å². The normalized spacial score (nSPS) is 14.6. The zero-order chi connectivity index (χ0) is 24.1. The number of halogens is 1. The van der Waals surface area contributed by atoms with Crippen molar-refractivity contribution in [2.24, 2.45) is 5.92 Å². The fourth-order valence-electron chi connectivity index (χ4n) is 3.30. The Labute approximate surface area is 248 Å². The molecule has 0 unspecified atom stereocenters. The number of ketones is 1. The van der Waals surface area contributed by atoms with Crippen LogP contribution in [0.25, 0.3) is 0 Å². The minimum atomic E-state index is -0.0874. The molecular weight excluding hydrogens is 502 g/mol. The van der Waals surface area contributed by atoms with Gasteiger partial charge in [-0.15, -0.1) is 0 Å². The summed E-state index contributed by atoms with van der Waals surface area (Å²) < 4.78 is 0. The van der Waals surface area contributed by atoms with Crippen LogP contribution in [0, 0.1) is 27.2 Å². The van der Waals surface area contributed by atoms with E-state index in [2.05, 4.69) is 32.8 Å². The number of hydrogen-bond acceptors (Lipinski definition) is 6. The van der Waals surface area contributed by atoms with E-state index in [4.69, 9.17) is 0 Å². The minimum Gasteiger partial charge on any atom is -1.00 e. The predicted octanol–water partition coefficient (Wildman–Crippen LogP) is 1.05. The van der Waals surface area contributed by atoms with Crippen molar-refractivity contribution in [3.05, 3.63) is 66.6 Å². The third kappa shape index (κ3) is 15.7. The topological polar surface area (TPSA) is 113 Å². The number of nitrogens with one attached hydrogen (secondary N) is 3. The maximum Gasteiger partial charge on any atom is 2.00 e. The number of amides is 2. The quantitative estimate of drug-likeness (QED) is 0.299. The van der Waals surface area contributed by atoms with Crippen LogP contribution in [0.5, 0.6) is 0 Å². The van der Waals surface area contributed by atoms with Crippen molar-refractivity contribution in [3.8, 4) is 0 Å². The third-order valence-corrected chi connectivity index (χ3v) is 5.21. The first-order chi connectivity index (χ1) is 15.2. The number of aromatic nitrogens is 2. The average Bonchev–Trinajstić information content (AvgIpc) is 2.79. The Balaban J connectivity index is -0.0000000938. The Morgan fingerprint density at radius 3 is 1.81 bits per heavy atom. The molecule has 0 radical (unpaired) electrons. The van der Waals surface area contributed by atoms with Gasteiger partial charge in [-0.25, -0.2) is 0 Å². The number of nitrogens with zero attached hydrogens (tertiary/aromatic N) is 2. The number of hydrogen-bond donors (Lipinski definition) is 3. The molecule has 2 aromatic rings. The first-order valence-electron chi connectivity index (χ1n) is 10.7. The minimum absolute atomic E-state index is 0. The van der Waals surface area contributed by atoms with Crippen LogP contribution in [0.1, 0.15) is 75.1 Å². The molecule has 1 fully saturated rings. The van der Waals surface area contributed by atoms with Crippen molar-refractivity contribution < 1.29 is 28.2 Å². The van der Waals surface area contributed by atoms with Gasteiger partial charge >= 0.3 is 23.1 Å². The maximum atomic E-state index is 11.2. The molecule has 0 spiro atoms. The van der Waals surface area contributed by atoms with E-state index in [-0.39, 0.29) is 82.7 Å². The molecule has 0 bridgehead atoms. The number of piperidine rings is 1. The molecule has 1 aliphatic rings. The van der Waals surface area contributed by atoms with Crippen LogP contribution >= 0.6 is 0 Å².